The molecule has 4 heterocycles. The summed E-state index contributed by atoms with van der Waals surface area (Å²) in [5, 5.41) is 10.1. The van der Waals surface area contributed by atoms with E-state index in [1.54, 1.807) is 0 Å². The van der Waals surface area contributed by atoms with Gasteiger partial charge < -0.3 is 9.88 Å². The highest BCUT2D eigenvalue weighted by molar-refractivity contribution is 7.26. The highest BCUT2D eigenvalue weighted by Gasteiger charge is 2.23. The Morgan fingerprint density at radius 2 is 1.30 bits per heavy atom. The van der Waals surface area contributed by atoms with Gasteiger partial charge in [-0.1, -0.05) is 109 Å². The van der Waals surface area contributed by atoms with Crippen LogP contribution in [-0.4, -0.2) is 16.2 Å². The summed E-state index contributed by atoms with van der Waals surface area (Å²) in [6, 6.07) is 57.1. The first-order valence-corrected chi connectivity index (χ1v) is 21.1. The van der Waals surface area contributed by atoms with Crippen LogP contribution in [0.1, 0.15) is 40.5 Å². The first-order chi connectivity index (χ1) is 28.2. The van der Waals surface area contributed by atoms with E-state index in [-0.39, 0.29) is 6.17 Å². The molecular weight excluding hydrogens is 733 g/mol. The number of para-hydroxylation sites is 1. The van der Waals surface area contributed by atoms with Gasteiger partial charge in [0, 0.05) is 62.6 Å². The first kappa shape index (κ1) is 32.6. The first-order valence-electron chi connectivity index (χ1n) is 19.5. The minimum Gasteiger partial charge on any atom is -0.344 e. The number of aryl methyl sites for hydroxylation is 1. The molecule has 3 aromatic heterocycles. The van der Waals surface area contributed by atoms with Crippen LogP contribution >= 0.6 is 22.7 Å². The van der Waals surface area contributed by atoms with E-state index in [1.807, 2.05) is 46.9 Å². The van der Waals surface area contributed by atoms with Gasteiger partial charge in [-0.2, -0.15) is 0 Å². The number of fused-ring (bicyclic) bond motifs is 9. The zero-order valence-corrected chi connectivity index (χ0v) is 32.4. The molecule has 1 unspecified atom stereocenters. The Morgan fingerprint density at radius 3 is 2.19 bits per heavy atom. The topological polar surface area (TPSA) is 41.7 Å². The Balaban J connectivity index is 0.957. The summed E-state index contributed by atoms with van der Waals surface area (Å²) in [6.07, 6.45) is 6.59. The molecule has 1 aliphatic heterocycles. The average molecular weight is 767 g/mol. The van der Waals surface area contributed by atoms with Crippen LogP contribution in [0.4, 0.5) is 0 Å². The minimum atomic E-state index is -0.232. The summed E-state index contributed by atoms with van der Waals surface area (Å²) in [7, 11) is 0. The van der Waals surface area contributed by atoms with Gasteiger partial charge in [-0.25, -0.2) is 9.98 Å². The summed E-state index contributed by atoms with van der Waals surface area (Å²) in [5.41, 5.74) is 10.9. The molecule has 0 radical (unpaired) electrons. The standard InChI is InChI=1S/C51H34N4S2/c1-3-12-31(13-4-1)49-52-50(32-14-5-2-6-15-32)54-51(53-49)35-24-27-44-39(29-35)38-25-22-34(30-47(38)57-44)33-23-26-45-40(28-33)48-43(20-11-21-46(48)56-45)55-41-18-9-7-16-36(41)37-17-8-10-19-42(37)55/h1-7,9-16,18-30,49H,8,17H2,(H,52,53,54). The third kappa shape index (κ3) is 5.32. The monoisotopic (exact) mass is 766 g/mol. The van der Waals surface area contributed by atoms with E-state index < -0.39 is 0 Å². The van der Waals surface area contributed by atoms with Crippen molar-refractivity contribution in [2.24, 2.45) is 9.98 Å². The van der Waals surface area contributed by atoms with Crippen molar-refractivity contribution in [1.29, 1.82) is 0 Å². The zero-order chi connectivity index (χ0) is 37.5. The molecule has 6 heteroatoms. The van der Waals surface area contributed by atoms with Crippen LogP contribution in [0.5, 0.6) is 0 Å². The number of amidine groups is 2. The highest BCUT2D eigenvalue weighted by Crippen LogP contribution is 2.44. The van der Waals surface area contributed by atoms with Crippen molar-refractivity contribution in [3.05, 3.63) is 192 Å². The van der Waals surface area contributed by atoms with Crippen LogP contribution in [0.15, 0.2) is 174 Å². The van der Waals surface area contributed by atoms with Gasteiger partial charge in [0.2, 0.25) is 0 Å². The van der Waals surface area contributed by atoms with Gasteiger partial charge in [-0.15, -0.1) is 22.7 Å². The number of allylic oxidation sites excluding steroid dienone is 1. The normalized spacial score (nSPS) is 15.3. The largest absolute Gasteiger partial charge is 0.344 e. The van der Waals surface area contributed by atoms with Gasteiger partial charge in [0.25, 0.3) is 0 Å². The van der Waals surface area contributed by atoms with Crippen molar-refractivity contribution in [3.63, 3.8) is 0 Å². The van der Waals surface area contributed by atoms with Crippen molar-refractivity contribution in [3.8, 4) is 16.8 Å². The lowest BCUT2D eigenvalue weighted by molar-refractivity contribution is 0.674. The summed E-state index contributed by atoms with van der Waals surface area (Å²) in [4.78, 5) is 10.2. The Kier molecular flexibility index (Phi) is 7.43. The number of hydrogen-bond donors (Lipinski definition) is 1. The Hall–Kier alpha value is -6.60. The molecule has 10 aromatic rings. The number of rotatable bonds is 5. The molecule has 0 saturated heterocycles. The number of benzene rings is 7. The molecule has 0 fully saturated rings. The van der Waals surface area contributed by atoms with Crippen molar-refractivity contribution in [2.75, 3.05) is 0 Å². The maximum atomic E-state index is 5.14. The maximum Gasteiger partial charge on any atom is 0.159 e. The molecule has 57 heavy (non-hydrogen) atoms. The number of nitrogens with zero attached hydrogens (tertiary/aromatic N) is 3. The molecule has 2 aliphatic rings. The minimum absolute atomic E-state index is 0.232. The quantitative estimate of drug-likeness (QED) is 0.186. The highest BCUT2D eigenvalue weighted by atomic mass is 32.1. The van der Waals surface area contributed by atoms with Crippen LogP contribution in [-0.2, 0) is 6.42 Å². The van der Waals surface area contributed by atoms with E-state index in [0.29, 0.717) is 0 Å². The van der Waals surface area contributed by atoms with Crippen LogP contribution in [0.25, 0.3) is 74.1 Å². The van der Waals surface area contributed by atoms with Crippen molar-refractivity contribution >= 4 is 91.7 Å². The number of hydrogen-bond acceptors (Lipinski definition) is 5. The molecule has 4 nitrogen and oxygen atoms in total. The molecule has 270 valence electrons. The summed E-state index contributed by atoms with van der Waals surface area (Å²) in [5.74, 6) is 1.56. The predicted octanol–water partition coefficient (Wildman–Crippen LogP) is 13.5. The average Bonchev–Trinajstić information content (AvgIpc) is 3.95. The van der Waals surface area contributed by atoms with Gasteiger partial charge in [0.15, 0.2) is 5.84 Å². The molecular formula is C51H34N4S2. The lowest BCUT2D eigenvalue weighted by Crippen LogP contribution is -2.33. The zero-order valence-electron chi connectivity index (χ0n) is 30.8. The van der Waals surface area contributed by atoms with Crippen molar-refractivity contribution in [1.82, 2.24) is 9.88 Å². The van der Waals surface area contributed by atoms with Crippen molar-refractivity contribution < 1.29 is 0 Å². The summed E-state index contributed by atoms with van der Waals surface area (Å²) in [6.45, 7) is 0. The summed E-state index contributed by atoms with van der Waals surface area (Å²) < 4.78 is 7.66. The van der Waals surface area contributed by atoms with Gasteiger partial charge in [0.05, 0.1) is 11.2 Å². The van der Waals surface area contributed by atoms with E-state index in [2.05, 4.69) is 155 Å². The van der Waals surface area contributed by atoms with Crippen LogP contribution in [0.3, 0.4) is 0 Å². The van der Waals surface area contributed by atoms with Gasteiger partial charge in [-0.3, -0.25) is 0 Å². The van der Waals surface area contributed by atoms with Crippen LogP contribution < -0.4 is 5.32 Å². The van der Waals surface area contributed by atoms with E-state index in [0.717, 1.165) is 41.2 Å². The molecule has 7 aromatic carbocycles. The van der Waals surface area contributed by atoms with Crippen LogP contribution in [0.2, 0.25) is 0 Å². The number of aromatic nitrogens is 1. The lowest BCUT2D eigenvalue weighted by Gasteiger charge is -2.23. The summed E-state index contributed by atoms with van der Waals surface area (Å²) >= 11 is 3.73. The Bertz CT molecular complexity index is 3330. The van der Waals surface area contributed by atoms with E-state index >= 15 is 0 Å². The molecule has 1 aliphatic carbocycles. The lowest BCUT2D eigenvalue weighted by atomic mass is 10.00. The fraction of sp³-hybridized carbons (Fsp3) is 0.0588. The molecule has 0 saturated carbocycles. The third-order valence-electron chi connectivity index (χ3n) is 11.5. The van der Waals surface area contributed by atoms with E-state index in [9.17, 15) is 0 Å². The molecule has 1 N–H and O–H groups in total. The fourth-order valence-corrected chi connectivity index (χ4v) is 11.1. The maximum absolute atomic E-state index is 5.14. The molecule has 1 atom stereocenters. The number of nitrogens with one attached hydrogen (secondary N) is 1. The van der Waals surface area contributed by atoms with E-state index in [4.69, 9.17) is 9.98 Å². The molecule has 0 spiro atoms. The third-order valence-corrected chi connectivity index (χ3v) is 13.8. The molecule has 0 amide bonds. The molecule has 12 rings (SSSR count). The number of aliphatic imine (C=N–C) groups is 2. The second kappa shape index (κ2) is 13.0. The van der Waals surface area contributed by atoms with Crippen LogP contribution in [0, 0.1) is 0 Å². The van der Waals surface area contributed by atoms with Gasteiger partial charge in [0.1, 0.15) is 12.0 Å². The Morgan fingerprint density at radius 1 is 0.561 bits per heavy atom. The van der Waals surface area contributed by atoms with Crippen molar-refractivity contribution in [2.45, 2.75) is 19.0 Å². The fourth-order valence-electron chi connectivity index (χ4n) is 8.84. The second-order valence-electron chi connectivity index (χ2n) is 14.9. The molecule has 0 bridgehead atoms. The second-order valence-corrected chi connectivity index (χ2v) is 17.0. The van der Waals surface area contributed by atoms with E-state index in [1.165, 1.54) is 79.3 Å². The number of thiophene rings is 2. The Labute approximate surface area is 337 Å². The van der Waals surface area contributed by atoms with Gasteiger partial charge in [-0.05, 0) is 95.8 Å². The SMILES string of the molecule is C1=Cc2c(c3ccccc3n2-c2cccc3sc4ccc(-c5ccc6c(c5)sc5ccc(C7=NC(c8ccccc8)NC(c8ccccc8)=N7)cc56)cc4c23)CC1. The van der Waals surface area contributed by atoms with Gasteiger partial charge >= 0.3 is 0 Å². The smallest absolute Gasteiger partial charge is 0.159 e. The predicted molar refractivity (Wildman–Crippen MR) is 244 cm³/mol.